The molecule has 24 heavy (non-hydrogen) atoms. The molecule has 2 aliphatic rings. The summed E-state index contributed by atoms with van der Waals surface area (Å²) in [6.07, 6.45) is 3.37. The summed E-state index contributed by atoms with van der Waals surface area (Å²) in [5, 5.41) is 0. The molecule has 0 radical (unpaired) electrons. The Hall–Kier alpha value is -2.34. The number of cyclic esters (lactones) is 2. The molecule has 2 fully saturated rings. The first-order valence-electron chi connectivity index (χ1n) is 7.96. The lowest BCUT2D eigenvalue weighted by Gasteiger charge is -2.29. The largest absolute Gasteiger partial charge is 0.490 e. The third-order valence-corrected chi connectivity index (χ3v) is 3.78. The summed E-state index contributed by atoms with van der Waals surface area (Å²) in [6.45, 7) is 4.47. The van der Waals surface area contributed by atoms with Crippen molar-refractivity contribution in [2.75, 3.05) is 13.2 Å². The number of hydrogen-bond acceptors (Lipinski definition) is 6. The van der Waals surface area contributed by atoms with Crippen molar-refractivity contribution < 1.29 is 28.5 Å². The van der Waals surface area contributed by atoms with Gasteiger partial charge >= 0.3 is 11.9 Å². The third-order valence-electron chi connectivity index (χ3n) is 3.78. The molecule has 0 N–H and O–H groups in total. The van der Waals surface area contributed by atoms with Crippen LogP contribution in [0.1, 0.15) is 32.3 Å². The molecule has 6 nitrogen and oxygen atoms in total. The van der Waals surface area contributed by atoms with Gasteiger partial charge in [0.25, 0.3) is 5.79 Å². The van der Waals surface area contributed by atoms with Crippen molar-refractivity contribution in [1.82, 2.24) is 0 Å². The molecule has 2 heterocycles. The van der Waals surface area contributed by atoms with E-state index in [1.165, 1.54) is 19.9 Å². The minimum Gasteiger partial charge on any atom is -0.490 e. The second-order valence-electron chi connectivity index (χ2n) is 6.24. The van der Waals surface area contributed by atoms with Gasteiger partial charge in [0.05, 0.1) is 13.2 Å². The highest BCUT2D eigenvalue weighted by molar-refractivity contribution is 6.18. The molecule has 0 atom stereocenters. The van der Waals surface area contributed by atoms with Gasteiger partial charge in [-0.05, 0) is 23.8 Å². The molecule has 1 aromatic rings. The Morgan fingerprint density at radius 2 is 1.62 bits per heavy atom. The van der Waals surface area contributed by atoms with E-state index in [9.17, 15) is 9.59 Å². The maximum atomic E-state index is 11.9. The topological polar surface area (TPSA) is 71.1 Å². The van der Waals surface area contributed by atoms with Crippen molar-refractivity contribution in [2.24, 2.45) is 0 Å². The van der Waals surface area contributed by atoms with E-state index in [0.717, 1.165) is 31.8 Å². The van der Waals surface area contributed by atoms with Gasteiger partial charge in [-0.2, -0.15) is 0 Å². The van der Waals surface area contributed by atoms with Crippen molar-refractivity contribution in [2.45, 2.75) is 38.6 Å². The van der Waals surface area contributed by atoms with E-state index in [1.54, 1.807) is 12.1 Å². The average molecular weight is 332 g/mol. The van der Waals surface area contributed by atoms with Gasteiger partial charge in [0.15, 0.2) is 0 Å². The Kier molecular flexibility index (Phi) is 4.57. The highest BCUT2D eigenvalue weighted by Crippen LogP contribution is 2.25. The minimum atomic E-state index is -1.23. The highest BCUT2D eigenvalue weighted by Gasteiger charge is 2.38. The summed E-state index contributed by atoms with van der Waals surface area (Å²) < 4.78 is 21.3. The van der Waals surface area contributed by atoms with Crippen LogP contribution in [0, 0.1) is 0 Å². The SMILES string of the molecule is CC1(C)OC(=O)C(=Cc2ccc(OC3CCOCC3)cc2)C(=O)O1. The van der Waals surface area contributed by atoms with E-state index in [-0.39, 0.29) is 11.7 Å². The predicted octanol–water partition coefficient (Wildman–Crippen LogP) is 2.46. The van der Waals surface area contributed by atoms with Gasteiger partial charge in [-0.25, -0.2) is 9.59 Å². The molecule has 0 saturated carbocycles. The van der Waals surface area contributed by atoms with Crippen LogP contribution in [0.15, 0.2) is 29.8 Å². The minimum absolute atomic E-state index is 0.118. The summed E-state index contributed by atoms with van der Waals surface area (Å²) in [5.74, 6) is -1.84. The van der Waals surface area contributed by atoms with Gasteiger partial charge in [-0.1, -0.05) is 12.1 Å². The molecule has 0 bridgehead atoms. The van der Waals surface area contributed by atoms with Gasteiger partial charge in [0, 0.05) is 26.7 Å². The van der Waals surface area contributed by atoms with Crippen LogP contribution in [0.3, 0.4) is 0 Å². The first kappa shape index (κ1) is 16.5. The van der Waals surface area contributed by atoms with Crippen LogP contribution in [0.25, 0.3) is 6.08 Å². The number of ether oxygens (including phenoxy) is 4. The molecule has 0 aromatic heterocycles. The smallest absolute Gasteiger partial charge is 0.348 e. The standard InChI is InChI=1S/C18H20O6/c1-18(2)23-16(19)15(17(20)24-18)11-12-3-5-13(6-4-12)22-14-7-9-21-10-8-14/h3-6,11,14H,7-10H2,1-2H3. The summed E-state index contributed by atoms with van der Waals surface area (Å²) in [5.41, 5.74) is 0.574. The molecule has 0 amide bonds. The fourth-order valence-corrected chi connectivity index (χ4v) is 2.57. The number of hydrogen-bond donors (Lipinski definition) is 0. The number of carbonyl (C=O) groups is 2. The molecule has 128 valence electrons. The normalized spacial score (nSPS) is 21.0. The molecule has 0 spiro atoms. The monoisotopic (exact) mass is 332 g/mol. The Bertz CT molecular complexity index is 631. The molecule has 0 unspecified atom stereocenters. The Morgan fingerprint density at radius 3 is 2.21 bits per heavy atom. The van der Waals surface area contributed by atoms with Gasteiger partial charge in [0.1, 0.15) is 17.4 Å². The quantitative estimate of drug-likeness (QED) is 0.481. The summed E-state index contributed by atoms with van der Waals surface area (Å²) in [6, 6.07) is 7.18. The first-order valence-corrected chi connectivity index (χ1v) is 7.96. The van der Waals surface area contributed by atoms with Crippen LogP contribution in [0.2, 0.25) is 0 Å². The van der Waals surface area contributed by atoms with Crippen LogP contribution in [-0.4, -0.2) is 37.0 Å². The predicted molar refractivity (Wildman–Crippen MR) is 85.2 cm³/mol. The lowest BCUT2D eigenvalue weighted by Crippen LogP contribution is -2.41. The van der Waals surface area contributed by atoms with E-state index in [0.29, 0.717) is 5.56 Å². The second kappa shape index (κ2) is 6.65. The molecule has 0 aliphatic carbocycles. The van der Waals surface area contributed by atoms with Crippen molar-refractivity contribution in [1.29, 1.82) is 0 Å². The van der Waals surface area contributed by atoms with E-state index in [4.69, 9.17) is 18.9 Å². The van der Waals surface area contributed by atoms with Crippen LogP contribution < -0.4 is 4.74 Å². The third kappa shape index (κ3) is 3.94. The van der Waals surface area contributed by atoms with E-state index >= 15 is 0 Å². The number of benzene rings is 1. The van der Waals surface area contributed by atoms with Gasteiger partial charge in [-0.3, -0.25) is 0 Å². The van der Waals surface area contributed by atoms with Crippen LogP contribution in [-0.2, 0) is 23.8 Å². The van der Waals surface area contributed by atoms with Crippen molar-refractivity contribution in [3.8, 4) is 5.75 Å². The Labute approximate surface area is 140 Å². The zero-order valence-corrected chi connectivity index (χ0v) is 13.7. The fraction of sp³-hybridized carbons (Fsp3) is 0.444. The summed E-state index contributed by atoms with van der Waals surface area (Å²) in [7, 11) is 0. The fourth-order valence-electron chi connectivity index (χ4n) is 2.57. The highest BCUT2D eigenvalue weighted by atomic mass is 16.7. The summed E-state index contributed by atoms with van der Waals surface area (Å²) in [4.78, 5) is 23.9. The van der Waals surface area contributed by atoms with E-state index < -0.39 is 17.7 Å². The van der Waals surface area contributed by atoms with Gasteiger partial charge < -0.3 is 18.9 Å². The van der Waals surface area contributed by atoms with E-state index in [2.05, 4.69) is 0 Å². The lowest BCUT2D eigenvalue weighted by molar-refractivity contribution is -0.222. The molecule has 6 heteroatoms. The van der Waals surface area contributed by atoms with Crippen molar-refractivity contribution in [3.63, 3.8) is 0 Å². The maximum Gasteiger partial charge on any atom is 0.348 e. The second-order valence-corrected chi connectivity index (χ2v) is 6.24. The van der Waals surface area contributed by atoms with E-state index in [1.807, 2.05) is 12.1 Å². The van der Waals surface area contributed by atoms with Crippen LogP contribution in [0.5, 0.6) is 5.75 Å². The van der Waals surface area contributed by atoms with Crippen LogP contribution >= 0.6 is 0 Å². The average Bonchev–Trinajstić information content (AvgIpc) is 2.53. The van der Waals surface area contributed by atoms with Crippen molar-refractivity contribution in [3.05, 3.63) is 35.4 Å². The number of esters is 2. The molecular weight excluding hydrogens is 312 g/mol. The molecule has 2 saturated heterocycles. The van der Waals surface area contributed by atoms with Crippen molar-refractivity contribution >= 4 is 18.0 Å². The zero-order chi connectivity index (χ0) is 17.2. The van der Waals surface area contributed by atoms with Gasteiger partial charge in [-0.15, -0.1) is 0 Å². The molecule has 1 aromatic carbocycles. The lowest BCUT2D eigenvalue weighted by atomic mass is 10.1. The van der Waals surface area contributed by atoms with Gasteiger partial charge in [0.2, 0.25) is 0 Å². The summed E-state index contributed by atoms with van der Waals surface area (Å²) >= 11 is 0. The molecule has 2 aliphatic heterocycles. The number of carbonyl (C=O) groups excluding carboxylic acids is 2. The first-order chi connectivity index (χ1) is 11.4. The zero-order valence-electron chi connectivity index (χ0n) is 13.7. The molecular formula is C18H20O6. The Morgan fingerprint density at radius 1 is 1.04 bits per heavy atom. The number of rotatable bonds is 3. The molecule has 3 rings (SSSR count). The maximum absolute atomic E-state index is 11.9. The van der Waals surface area contributed by atoms with Crippen LogP contribution in [0.4, 0.5) is 0 Å². The Balaban J connectivity index is 1.69.